The summed E-state index contributed by atoms with van der Waals surface area (Å²) in [6.45, 7) is 4.89. The zero-order valence-corrected chi connectivity index (χ0v) is 27.3. The third-order valence-electron chi connectivity index (χ3n) is 7.53. The number of hydrogen-bond acceptors (Lipinski definition) is 6. The van der Waals surface area contributed by atoms with Crippen LogP contribution in [-0.2, 0) is 21.4 Å². The summed E-state index contributed by atoms with van der Waals surface area (Å²) in [7, 11) is -3.94. The molecule has 3 aromatic rings. The minimum atomic E-state index is -3.94. The summed E-state index contributed by atoms with van der Waals surface area (Å²) in [6, 6.07) is 15.2. The molecule has 1 aromatic heterocycles. The van der Waals surface area contributed by atoms with Gasteiger partial charge in [0, 0.05) is 43.3 Å². The number of sulfonamides is 1. The van der Waals surface area contributed by atoms with Gasteiger partial charge in [0.05, 0.1) is 17.9 Å². The number of carboxylic acid groups (broad SMARTS) is 1. The van der Waals surface area contributed by atoms with E-state index in [2.05, 4.69) is 0 Å². The van der Waals surface area contributed by atoms with Gasteiger partial charge in [-0.2, -0.15) is 4.31 Å². The Bertz CT molecular complexity index is 1440. The quantitative estimate of drug-likeness (QED) is 0.295. The van der Waals surface area contributed by atoms with E-state index < -0.39 is 40.4 Å². The Hall–Kier alpha value is -2.05. The predicted molar refractivity (Wildman–Crippen MR) is 153 cm³/mol. The SMILES string of the molecule is CC(C)c1c(S(=O)(=O)N2CCCCC2)c(-c2ccccc2)c(-c2ccc(F)cc2)n1CC[C@@H](O)C[C@@H](O)CC(=O)[O-].[Na+]. The molecule has 1 aliphatic heterocycles. The fourth-order valence-electron chi connectivity index (χ4n) is 5.68. The third-order valence-corrected chi connectivity index (χ3v) is 9.50. The van der Waals surface area contributed by atoms with Gasteiger partial charge in [-0.3, -0.25) is 0 Å². The number of piperidine rings is 1. The van der Waals surface area contributed by atoms with Crippen LogP contribution in [0.4, 0.5) is 4.39 Å². The Kier molecular flexibility index (Phi) is 12.4. The van der Waals surface area contributed by atoms with E-state index in [9.17, 15) is 32.9 Å². The van der Waals surface area contributed by atoms with Crippen molar-refractivity contribution < 1.29 is 62.5 Å². The maximum atomic E-state index is 14.5. The van der Waals surface area contributed by atoms with Gasteiger partial charge in [-0.15, -0.1) is 0 Å². The predicted octanol–water partition coefficient (Wildman–Crippen LogP) is 0.905. The van der Waals surface area contributed by atoms with Gasteiger partial charge in [0.2, 0.25) is 10.0 Å². The second-order valence-electron chi connectivity index (χ2n) is 11.0. The molecule has 11 heteroatoms. The number of benzene rings is 2. The molecule has 42 heavy (non-hydrogen) atoms. The first-order valence-electron chi connectivity index (χ1n) is 14.1. The molecule has 2 aromatic carbocycles. The van der Waals surface area contributed by atoms with Gasteiger partial charge in [0.1, 0.15) is 10.7 Å². The van der Waals surface area contributed by atoms with Crippen molar-refractivity contribution in [3.05, 3.63) is 66.1 Å². The number of aliphatic carboxylic acids is 1. The van der Waals surface area contributed by atoms with Gasteiger partial charge >= 0.3 is 29.6 Å². The topological polar surface area (TPSA) is 123 Å². The molecule has 2 heterocycles. The van der Waals surface area contributed by atoms with Crippen LogP contribution in [0.25, 0.3) is 22.4 Å². The van der Waals surface area contributed by atoms with Crippen molar-refractivity contribution in [3.8, 4) is 22.4 Å². The molecular weight excluding hydrogens is 570 g/mol. The molecule has 0 saturated carbocycles. The number of aliphatic hydroxyl groups is 2. The molecule has 0 radical (unpaired) electrons. The molecular formula is C31H38FN2NaO6S. The smallest absolute Gasteiger partial charge is 0.550 e. The fourth-order valence-corrected chi connectivity index (χ4v) is 7.76. The van der Waals surface area contributed by atoms with Crippen molar-refractivity contribution in [2.24, 2.45) is 0 Å². The minimum absolute atomic E-state index is 0. The summed E-state index contributed by atoms with van der Waals surface area (Å²) in [5, 5.41) is 31.6. The molecule has 0 amide bonds. The number of rotatable bonds is 12. The van der Waals surface area contributed by atoms with Crippen LogP contribution in [0.1, 0.15) is 64.0 Å². The van der Waals surface area contributed by atoms with E-state index in [-0.39, 0.29) is 59.8 Å². The van der Waals surface area contributed by atoms with Crippen LogP contribution in [-0.4, -0.2) is 58.8 Å². The van der Waals surface area contributed by atoms with Gasteiger partial charge in [0.25, 0.3) is 0 Å². The number of carboxylic acids is 1. The van der Waals surface area contributed by atoms with Crippen molar-refractivity contribution in [1.82, 2.24) is 8.87 Å². The first-order chi connectivity index (χ1) is 19.5. The van der Waals surface area contributed by atoms with E-state index in [4.69, 9.17) is 0 Å². The monoisotopic (exact) mass is 608 g/mol. The van der Waals surface area contributed by atoms with Crippen LogP contribution in [0, 0.1) is 5.82 Å². The van der Waals surface area contributed by atoms with Gasteiger partial charge < -0.3 is 24.7 Å². The van der Waals surface area contributed by atoms with Crippen LogP contribution in [0.15, 0.2) is 59.5 Å². The van der Waals surface area contributed by atoms with E-state index in [1.165, 1.54) is 12.1 Å². The number of carbonyl (C=O) groups is 1. The van der Waals surface area contributed by atoms with Crippen molar-refractivity contribution in [1.29, 1.82) is 0 Å². The number of hydrogen-bond donors (Lipinski definition) is 2. The third kappa shape index (κ3) is 7.91. The van der Waals surface area contributed by atoms with Gasteiger partial charge in [0.15, 0.2) is 0 Å². The van der Waals surface area contributed by atoms with Gasteiger partial charge in [-0.05, 0) is 67.0 Å². The maximum Gasteiger partial charge on any atom is 1.00 e. The first-order valence-corrected chi connectivity index (χ1v) is 15.6. The molecule has 0 bridgehead atoms. The first kappa shape index (κ1) is 34.4. The van der Waals surface area contributed by atoms with E-state index >= 15 is 0 Å². The van der Waals surface area contributed by atoms with E-state index in [0.29, 0.717) is 41.2 Å². The van der Waals surface area contributed by atoms with Crippen molar-refractivity contribution in [2.45, 2.75) is 81.9 Å². The number of halogens is 1. The standard InChI is InChI=1S/C31H39FN2O6S.Na/c1-21(2)29-31(41(39,40)33-16-7-4-8-17-33)28(22-9-5-3-6-10-22)30(23-11-13-24(32)14-12-23)34(29)18-15-25(35)19-26(36)20-27(37)38;/h3,5-6,9-14,21,25-26,35-36H,4,7-8,15-20H2,1-2H3,(H,37,38);/q;+1/p-1/t25-,26-;/m1./s1. The van der Waals surface area contributed by atoms with Gasteiger partial charge in [-0.25, -0.2) is 12.8 Å². The summed E-state index contributed by atoms with van der Waals surface area (Å²) < 4.78 is 46.4. The van der Waals surface area contributed by atoms with Crippen LogP contribution >= 0.6 is 0 Å². The normalized spacial score (nSPS) is 15.8. The van der Waals surface area contributed by atoms with E-state index in [1.54, 1.807) is 16.4 Å². The zero-order chi connectivity index (χ0) is 29.7. The summed E-state index contributed by atoms with van der Waals surface area (Å²) >= 11 is 0. The summed E-state index contributed by atoms with van der Waals surface area (Å²) in [5.41, 5.74) is 3.03. The average molecular weight is 609 g/mol. The molecule has 0 spiro atoms. The van der Waals surface area contributed by atoms with Gasteiger partial charge in [-0.1, -0.05) is 50.6 Å². The Balaban J connectivity index is 0.00000484. The summed E-state index contributed by atoms with van der Waals surface area (Å²) in [6.07, 6.45) is -0.406. The Morgan fingerprint density at radius 3 is 2.14 bits per heavy atom. The Morgan fingerprint density at radius 1 is 0.952 bits per heavy atom. The fraction of sp³-hybridized carbons (Fsp3) is 0.452. The second kappa shape index (κ2) is 15.1. The molecule has 8 nitrogen and oxygen atoms in total. The number of aliphatic hydroxyl groups excluding tert-OH is 2. The van der Waals surface area contributed by atoms with Crippen molar-refractivity contribution in [2.75, 3.05) is 13.1 Å². The second-order valence-corrected chi connectivity index (χ2v) is 12.9. The zero-order valence-electron chi connectivity index (χ0n) is 24.5. The van der Waals surface area contributed by atoms with E-state index in [0.717, 1.165) is 19.3 Å². The van der Waals surface area contributed by atoms with Crippen LogP contribution in [0.5, 0.6) is 0 Å². The van der Waals surface area contributed by atoms with Crippen LogP contribution in [0.3, 0.4) is 0 Å². The van der Waals surface area contributed by atoms with E-state index in [1.807, 2.05) is 48.7 Å². The number of carbonyl (C=O) groups excluding carboxylic acids is 1. The number of nitrogens with zero attached hydrogens (tertiary/aromatic N) is 2. The number of aromatic nitrogens is 1. The summed E-state index contributed by atoms with van der Waals surface area (Å²) in [4.78, 5) is 11.1. The minimum Gasteiger partial charge on any atom is -0.550 e. The molecule has 2 atom stereocenters. The molecule has 222 valence electrons. The molecule has 1 fully saturated rings. The van der Waals surface area contributed by atoms with Crippen molar-refractivity contribution >= 4 is 16.0 Å². The Morgan fingerprint density at radius 2 is 1.57 bits per heavy atom. The maximum absolute atomic E-state index is 14.5. The largest absolute Gasteiger partial charge is 1.00 e. The molecule has 0 aliphatic carbocycles. The molecule has 0 unspecified atom stereocenters. The molecule has 1 aliphatic rings. The van der Waals surface area contributed by atoms with Crippen molar-refractivity contribution in [3.63, 3.8) is 0 Å². The molecule has 1 saturated heterocycles. The molecule has 4 rings (SSSR count). The Labute approximate surface area is 269 Å². The van der Waals surface area contributed by atoms with Crippen LogP contribution < -0.4 is 34.7 Å². The summed E-state index contributed by atoms with van der Waals surface area (Å²) in [5.74, 6) is -2.06. The average Bonchev–Trinajstić information content (AvgIpc) is 3.29. The van der Waals surface area contributed by atoms with Crippen LogP contribution in [0.2, 0.25) is 0 Å². The molecule has 2 N–H and O–H groups in total.